The maximum Gasteiger partial charge on any atom is 0.417 e. The second kappa shape index (κ2) is 26.8. The number of nitrogens with one attached hydrogen (secondary N) is 3. The lowest BCUT2D eigenvalue weighted by atomic mass is 10.1. The van der Waals surface area contributed by atoms with Crippen LogP contribution in [0, 0.1) is 0 Å². The van der Waals surface area contributed by atoms with Crippen LogP contribution in [0.15, 0.2) is 212 Å². The maximum atomic E-state index is 13.0. The van der Waals surface area contributed by atoms with E-state index in [1.807, 2.05) is 54.6 Å². The lowest BCUT2D eigenvalue weighted by Crippen LogP contribution is -2.13. The summed E-state index contributed by atoms with van der Waals surface area (Å²) in [5.41, 5.74) is 8.67. The number of aromatic nitrogens is 6. The molecule has 27 heteroatoms. The first kappa shape index (κ1) is 66.1. The van der Waals surface area contributed by atoms with Crippen molar-refractivity contribution < 1.29 is 46.8 Å². The minimum atomic E-state index is -4.55. The number of fused-ring (bicyclic) bond motifs is 3. The number of aromatic amines is 3. The van der Waals surface area contributed by atoms with Crippen LogP contribution < -0.4 is 15.4 Å². The lowest BCUT2D eigenvalue weighted by molar-refractivity contribution is -0.137. The Kier molecular flexibility index (Phi) is 19.2. The Labute approximate surface area is 544 Å². The zero-order valence-electron chi connectivity index (χ0n) is 47.6. The van der Waals surface area contributed by atoms with Gasteiger partial charge >= 0.3 is 6.18 Å². The van der Waals surface area contributed by atoms with Crippen LogP contribution in [-0.4, -0.2) is 69.8 Å². The van der Waals surface area contributed by atoms with E-state index in [9.17, 15) is 46.8 Å². The molecule has 0 atom stereocenters. The van der Waals surface area contributed by atoms with Crippen molar-refractivity contribution in [1.29, 1.82) is 0 Å². The molecule has 0 saturated carbocycles. The third kappa shape index (κ3) is 16.1. The van der Waals surface area contributed by atoms with Crippen molar-refractivity contribution in [2.24, 2.45) is 15.4 Å². The summed E-state index contributed by atoms with van der Waals surface area (Å²) in [5.74, 6) is 1.64. The van der Waals surface area contributed by atoms with E-state index >= 15 is 0 Å². The van der Waals surface area contributed by atoms with Gasteiger partial charge in [0.2, 0.25) is 30.1 Å². The number of nitrogens with two attached hydrogens (primary N) is 3. The van der Waals surface area contributed by atoms with Crippen LogP contribution in [0.3, 0.4) is 0 Å². The molecule has 0 fully saturated rings. The molecule has 0 spiro atoms. The molecule has 3 aromatic heterocycles. The van der Waals surface area contributed by atoms with E-state index in [0.717, 1.165) is 39.0 Å². The van der Waals surface area contributed by atoms with Gasteiger partial charge in [-0.1, -0.05) is 148 Å². The van der Waals surface area contributed by atoms with E-state index in [1.165, 1.54) is 42.5 Å². The smallest absolute Gasteiger partial charge is 0.338 e. The number of alkyl halides is 3. The maximum absolute atomic E-state index is 13.0. The van der Waals surface area contributed by atoms with E-state index in [4.69, 9.17) is 38.6 Å². The molecule has 0 saturated heterocycles. The number of hydrogen-bond donors (Lipinski definition) is 6. The molecule has 468 valence electrons. The minimum Gasteiger partial charge on any atom is -0.338 e. The molecule has 0 aliphatic rings. The molecule has 0 unspecified atom stereocenters. The van der Waals surface area contributed by atoms with Crippen LogP contribution in [0.4, 0.5) is 13.2 Å². The van der Waals surface area contributed by atoms with E-state index in [1.54, 1.807) is 121 Å². The van der Waals surface area contributed by atoms with Crippen LogP contribution in [0.5, 0.6) is 0 Å². The Bertz CT molecular complexity index is 5430. The summed E-state index contributed by atoms with van der Waals surface area (Å²) in [5, 5.41) is 16.0. The highest BCUT2D eigenvalue weighted by molar-refractivity contribution is 9.10. The molecular formula is C65H49BrCl2F3N9O8S4. The van der Waals surface area contributed by atoms with Crippen molar-refractivity contribution in [1.82, 2.24) is 29.9 Å². The summed E-state index contributed by atoms with van der Waals surface area (Å²) in [7, 11) is -15.1. The van der Waals surface area contributed by atoms with Gasteiger partial charge in [0.1, 0.15) is 17.5 Å². The minimum absolute atomic E-state index is 0.00203. The second-order valence-electron chi connectivity index (χ2n) is 20.4. The monoisotopic (exact) mass is 1420 g/mol. The van der Waals surface area contributed by atoms with Gasteiger partial charge in [-0.05, 0) is 149 Å². The van der Waals surface area contributed by atoms with Crippen molar-refractivity contribution in [3.63, 3.8) is 0 Å². The number of sulfonamides is 3. The van der Waals surface area contributed by atoms with Crippen molar-refractivity contribution >= 4 is 149 Å². The molecule has 92 heavy (non-hydrogen) atoms. The number of primary sulfonamides is 3. The van der Waals surface area contributed by atoms with Gasteiger partial charge in [0.15, 0.2) is 9.84 Å². The van der Waals surface area contributed by atoms with E-state index in [-0.39, 0.29) is 24.6 Å². The van der Waals surface area contributed by atoms with Gasteiger partial charge in [0.05, 0.1) is 63.3 Å². The van der Waals surface area contributed by atoms with E-state index in [2.05, 4.69) is 45.8 Å². The molecule has 9 aromatic carbocycles. The first-order valence-corrected chi connectivity index (χ1v) is 35.0. The molecule has 0 aliphatic heterocycles. The predicted molar refractivity (Wildman–Crippen MR) is 361 cm³/mol. The Morgan fingerprint density at radius 1 is 0.435 bits per heavy atom. The number of halogens is 6. The molecule has 0 amide bonds. The average molecular weight is 1420 g/mol. The standard InChI is InChI=1S/C22H15ClF3N3O2S.C22H18ClN3O4S2.C21H16BrN3O2S/c23-17-8-5-13(11-16(17)22(24,25)26)6-10-21-28-18-9-7-14(12-19(18)29-21)15-3-1-2-4-20(15)32(27,30)31;1-31(27,28)21-13-16(23)9-6-14(21)8-11-22-25-18-10-7-15(12-19(18)26-22)17-4-2-3-5-20(17)32(24,29)30;22-16-5-3-4-14(12-16)8-11-21-24-18-10-9-15(13-19(18)25-21)17-6-1-2-7-20(17)28(23,26)27/h1-12H,(H,28,29)(H2,27,30,31);2-13H,1H3,(H,25,26)(H2,24,29,30);1-13H,(H,24,25)(H2,23,26,27)/b10-6+;2*11-8+. The summed E-state index contributed by atoms with van der Waals surface area (Å²) >= 11 is 15.1. The Morgan fingerprint density at radius 3 is 1.23 bits per heavy atom. The van der Waals surface area contributed by atoms with Gasteiger partial charge < -0.3 is 15.0 Å². The average Bonchev–Trinajstić information content (AvgIpc) is 1.46. The topological polar surface area (TPSA) is 301 Å². The summed E-state index contributed by atoms with van der Waals surface area (Å²) in [6.45, 7) is 0. The van der Waals surface area contributed by atoms with E-state index in [0.29, 0.717) is 83.5 Å². The fourth-order valence-electron chi connectivity index (χ4n) is 9.65. The van der Waals surface area contributed by atoms with Gasteiger partial charge in [-0.15, -0.1) is 0 Å². The highest BCUT2D eigenvalue weighted by Gasteiger charge is 2.33. The first-order valence-electron chi connectivity index (χ1n) is 27.0. The molecule has 0 bridgehead atoms. The number of hydrogen-bond acceptors (Lipinski definition) is 11. The number of H-pyrrole nitrogens is 3. The van der Waals surface area contributed by atoms with E-state index < -0.39 is 51.6 Å². The third-order valence-corrected chi connectivity index (χ3v) is 18.9. The lowest BCUT2D eigenvalue weighted by Gasteiger charge is -2.09. The molecule has 3 heterocycles. The van der Waals surface area contributed by atoms with Crippen LogP contribution in [-0.2, 0) is 46.1 Å². The Hall–Kier alpha value is -8.86. The zero-order valence-corrected chi connectivity index (χ0v) is 54.0. The number of benzene rings is 9. The molecule has 17 nitrogen and oxygen atoms in total. The zero-order chi connectivity index (χ0) is 65.9. The number of sulfone groups is 1. The SMILES string of the molecule is CS(=O)(=O)c1cc(Cl)ccc1/C=C/c1nc2ccc(-c3ccccc3S(N)(=O)=O)cc2[nH]1.NS(=O)(=O)c1ccccc1-c1ccc2nc(/C=C/c3ccc(Cl)c(C(F)(F)F)c3)[nH]c2c1.NS(=O)(=O)c1ccccc1-c1ccc2nc(/C=C/c3cccc(Br)c3)[nH]c2c1. The van der Waals surface area contributed by atoms with Crippen molar-refractivity contribution in [2.45, 2.75) is 25.8 Å². The van der Waals surface area contributed by atoms with Gasteiger partial charge in [-0.3, -0.25) is 0 Å². The summed E-state index contributed by atoms with van der Waals surface area (Å²) in [6, 6.07) is 51.8. The van der Waals surface area contributed by atoms with Crippen molar-refractivity contribution in [2.75, 3.05) is 6.26 Å². The van der Waals surface area contributed by atoms with Crippen molar-refractivity contribution in [3.8, 4) is 33.4 Å². The molecule has 0 aliphatic carbocycles. The Balaban J connectivity index is 0.000000152. The highest BCUT2D eigenvalue weighted by atomic mass is 79.9. The number of rotatable bonds is 13. The summed E-state index contributed by atoms with van der Waals surface area (Å²) < 4.78 is 136. The fraction of sp³-hybridized carbons (Fsp3) is 0.0308. The number of imidazole rings is 3. The second-order valence-corrected chi connectivity index (χ2v) is 28.8. The molecule has 0 radical (unpaired) electrons. The highest BCUT2D eigenvalue weighted by Crippen LogP contribution is 2.37. The van der Waals surface area contributed by atoms with Gasteiger partial charge in [-0.25, -0.2) is 64.0 Å². The predicted octanol–water partition coefficient (Wildman–Crippen LogP) is 14.6. The largest absolute Gasteiger partial charge is 0.417 e. The van der Waals surface area contributed by atoms with Crippen LogP contribution in [0.2, 0.25) is 10.0 Å². The van der Waals surface area contributed by atoms with Gasteiger partial charge in [0.25, 0.3) is 0 Å². The molecular weight excluding hydrogens is 1370 g/mol. The van der Waals surface area contributed by atoms with Crippen LogP contribution in [0.25, 0.3) is 103 Å². The van der Waals surface area contributed by atoms with Crippen LogP contribution >= 0.6 is 39.1 Å². The van der Waals surface area contributed by atoms with Crippen molar-refractivity contribution in [3.05, 3.63) is 242 Å². The summed E-state index contributed by atoms with van der Waals surface area (Å²) in [4.78, 5) is 23.2. The third-order valence-electron chi connectivity index (χ3n) is 13.8. The normalized spacial score (nSPS) is 12.5. The van der Waals surface area contributed by atoms with Crippen LogP contribution in [0.1, 0.15) is 39.7 Å². The Morgan fingerprint density at radius 2 is 0.837 bits per heavy atom. The first-order chi connectivity index (χ1) is 43.4. The molecule has 9 N–H and O–H groups in total. The fourth-order valence-corrected chi connectivity index (χ4v) is 13.7. The van der Waals surface area contributed by atoms with Gasteiger partial charge in [-0.2, -0.15) is 13.2 Å². The quantitative estimate of drug-likeness (QED) is 0.0630. The number of nitrogens with zero attached hydrogens (tertiary/aromatic N) is 3. The molecule has 12 rings (SSSR count). The van der Waals surface area contributed by atoms with Gasteiger partial charge in [0, 0.05) is 32.4 Å². The molecule has 12 aromatic rings. The summed E-state index contributed by atoms with van der Waals surface area (Å²) in [6.07, 6.45) is 6.78.